The maximum atomic E-state index is 14.7. The molecule has 3 aromatic rings. The first-order valence-electron chi connectivity index (χ1n) is 10.5. The van der Waals surface area contributed by atoms with Crippen LogP contribution in [0.15, 0.2) is 54.6 Å². The molecule has 1 aliphatic heterocycles. The first-order valence-corrected chi connectivity index (χ1v) is 10.9. The molecule has 0 saturated carbocycles. The zero-order chi connectivity index (χ0) is 25.1. The molecule has 0 fully saturated rings. The van der Waals surface area contributed by atoms with E-state index in [1.807, 2.05) is 0 Å². The van der Waals surface area contributed by atoms with Crippen molar-refractivity contribution in [1.82, 2.24) is 4.90 Å². The van der Waals surface area contributed by atoms with Crippen molar-refractivity contribution in [2.45, 2.75) is 19.1 Å². The summed E-state index contributed by atoms with van der Waals surface area (Å²) in [6, 6.07) is 11.4. The molecule has 10 heteroatoms. The van der Waals surface area contributed by atoms with Crippen LogP contribution in [0.1, 0.15) is 28.3 Å². The highest BCUT2D eigenvalue weighted by Crippen LogP contribution is 2.42. The van der Waals surface area contributed by atoms with Crippen molar-refractivity contribution < 1.29 is 37.3 Å². The fraction of sp³-hybridized carbons (Fsp3) is 0.200. The number of halogens is 4. The van der Waals surface area contributed by atoms with E-state index in [0.29, 0.717) is 0 Å². The number of hydrogen-bond acceptors (Lipinski definition) is 4. The first-order chi connectivity index (χ1) is 16.8. The van der Waals surface area contributed by atoms with E-state index in [2.05, 4.69) is 0 Å². The van der Waals surface area contributed by atoms with Gasteiger partial charge < -0.3 is 14.6 Å². The van der Waals surface area contributed by atoms with Gasteiger partial charge in [-0.15, -0.1) is 0 Å². The number of amides is 1. The highest BCUT2D eigenvalue weighted by molar-refractivity contribution is 6.30. The summed E-state index contributed by atoms with van der Waals surface area (Å²) in [5.74, 6) is -3.76. The fourth-order valence-corrected chi connectivity index (χ4v) is 4.20. The molecule has 1 atom stereocenters. The van der Waals surface area contributed by atoms with Gasteiger partial charge >= 0.3 is 12.1 Å². The third kappa shape index (κ3) is 5.19. The molecule has 35 heavy (non-hydrogen) atoms. The number of rotatable bonds is 6. The lowest BCUT2D eigenvalue weighted by molar-refractivity contribution is -0.139. The molecule has 0 bridgehead atoms. The van der Waals surface area contributed by atoms with Crippen LogP contribution >= 0.6 is 11.6 Å². The summed E-state index contributed by atoms with van der Waals surface area (Å²) in [4.78, 5) is 25.5. The van der Waals surface area contributed by atoms with E-state index in [0.717, 1.165) is 6.07 Å². The van der Waals surface area contributed by atoms with Crippen LogP contribution in [-0.4, -0.2) is 35.2 Å². The van der Waals surface area contributed by atoms with Gasteiger partial charge in [0.15, 0.2) is 18.2 Å². The second-order valence-corrected chi connectivity index (χ2v) is 8.22. The van der Waals surface area contributed by atoms with Gasteiger partial charge in [0, 0.05) is 22.7 Å². The number of aliphatic carboxylic acids is 1. The van der Waals surface area contributed by atoms with E-state index in [1.165, 1.54) is 47.4 Å². The Morgan fingerprint density at radius 1 is 1.03 bits per heavy atom. The zero-order valence-corrected chi connectivity index (χ0v) is 18.9. The van der Waals surface area contributed by atoms with Gasteiger partial charge in [-0.3, -0.25) is 4.90 Å². The van der Waals surface area contributed by atoms with Gasteiger partial charge in [0.1, 0.15) is 18.2 Å². The zero-order valence-electron chi connectivity index (χ0n) is 18.1. The highest BCUT2D eigenvalue weighted by atomic mass is 35.5. The maximum absolute atomic E-state index is 14.7. The van der Waals surface area contributed by atoms with E-state index >= 15 is 0 Å². The number of carboxylic acid groups (broad SMARTS) is 1. The lowest BCUT2D eigenvalue weighted by Crippen LogP contribution is -2.41. The average Bonchev–Trinajstić information content (AvgIpc) is 2.84. The standard InChI is InChI=1S/C25H19ClF3NO5/c26-15-5-8-21(34-13-22(31)32)18(11-15)24-17-6-7-20(28)23(29)16(17)9-10-30(24)25(33)35-12-14-3-1-2-4-19(14)27/h1-8,11,24H,9-10,12-13H2,(H,31,32)/t24-/m0/s1. The van der Waals surface area contributed by atoms with Crippen molar-refractivity contribution in [1.29, 1.82) is 0 Å². The van der Waals surface area contributed by atoms with Crippen molar-refractivity contribution in [3.8, 4) is 5.75 Å². The lowest BCUT2D eigenvalue weighted by atomic mass is 9.87. The second-order valence-electron chi connectivity index (χ2n) is 7.79. The lowest BCUT2D eigenvalue weighted by Gasteiger charge is -2.37. The molecule has 1 N–H and O–H groups in total. The fourth-order valence-electron chi connectivity index (χ4n) is 4.02. The van der Waals surface area contributed by atoms with Gasteiger partial charge in [-0.25, -0.2) is 22.8 Å². The van der Waals surface area contributed by atoms with Gasteiger partial charge in [-0.05, 0) is 47.9 Å². The Kier molecular flexibility index (Phi) is 7.16. The molecule has 4 rings (SSSR count). The Morgan fingerprint density at radius 2 is 1.80 bits per heavy atom. The summed E-state index contributed by atoms with van der Waals surface area (Å²) >= 11 is 6.19. The quantitative estimate of drug-likeness (QED) is 0.478. The SMILES string of the molecule is O=C(O)COc1ccc(Cl)cc1[C@@H]1c2ccc(F)c(F)c2CCN1C(=O)OCc1ccccc1F. The highest BCUT2D eigenvalue weighted by Gasteiger charge is 2.37. The third-order valence-electron chi connectivity index (χ3n) is 5.60. The van der Waals surface area contributed by atoms with Crippen molar-refractivity contribution in [2.24, 2.45) is 0 Å². The van der Waals surface area contributed by atoms with E-state index in [4.69, 9.17) is 26.2 Å². The topological polar surface area (TPSA) is 76.1 Å². The third-order valence-corrected chi connectivity index (χ3v) is 5.84. The Labute approximate surface area is 203 Å². The number of fused-ring (bicyclic) bond motifs is 1. The molecule has 182 valence electrons. The number of nitrogens with zero attached hydrogens (tertiary/aromatic N) is 1. The maximum Gasteiger partial charge on any atom is 0.410 e. The van der Waals surface area contributed by atoms with Gasteiger partial charge in [0.25, 0.3) is 0 Å². The minimum Gasteiger partial charge on any atom is -0.482 e. The molecule has 0 spiro atoms. The number of carboxylic acids is 1. The number of carbonyl (C=O) groups excluding carboxylic acids is 1. The van der Waals surface area contributed by atoms with Crippen molar-refractivity contribution in [3.63, 3.8) is 0 Å². The monoisotopic (exact) mass is 505 g/mol. The molecule has 0 unspecified atom stereocenters. The largest absolute Gasteiger partial charge is 0.482 e. The predicted molar refractivity (Wildman–Crippen MR) is 120 cm³/mol. The summed E-state index contributed by atoms with van der Waals surface area (Å²) < 4.78 is 53.4. The van der Waals surface area contributed by atoms with E-state index < -0.39 is 42.2 Å². The number of carbonyl (C=O) groups is 2. The number of benzene rings is 3. The smallest absolute Gasteiger partial charge is 0.410 e. The van der Waals surface area contributed by atoms with Crippen molar-refractivity contribution >= 4 is 23.7 Å². The van der Waals surface area contributed by atoms with Crippen molar-refractivity contribution in [2.75, 3.05) is 13.2 Å². The van der Waals surface area contributed by atoms with Gasteiger partial charge in [0.2, 0.25) is 0 Å². The number of ether oxygens (including phenoxy) is 2. The van der Waals surface area contributed by atoms with Gasteiger partial charge in [0.05, 0.1) is 6.04 Å². The molecule has 6 nitrogen and oxygen atoms in total. The Bertz CT molecular complexity index is 1290. The van der Waals surface area contributed by atoms with Gasteiger partial charge in [-0.2, -0.15) is 0 Å². The van der Waals surface area contributed by atoms with Crippen LogP contribution in [-0.2, 0) is 22.6 Å². The van der Waals surface area contributed by atoms with E-state index in [1.54, 1.807) is 6.07 Å². The molecular weight excluding hydrogens is 487 g/mol. The van der Waals surface area contributed by atoms with Crippen LogP contribution in [0.25, 0.3) is 0 Å². The van der Waals surface area contributed by atoms with Gasteiger partial charge in [-0.1, -0.05) is 35.9 Å². The molecule has 0 aromatic heterocycles. The van der Waals surface area contributed by atoms with Crippen LogP contribution in [0.2, 0.25) is 5.02 Å². The Hall–Kier alpha value is -3.72. The Morgan fingerprint density at radius 3 is 2.54 bits per heavy atom. The van der Waals surface area contributed by atoms with E-state index in [9.17, 15) is 22.8 Å². The molecule has 0 radical (unpaired) electrons. The summed E-state index contributed by atoms with van der Waals surface area (Å²) in [5.41, 5.74) is 0.752. The van der Waals surface area contributed by atoms with Crippen LogP contribution in [0.3, 0.4) is 0 Å². The first kappa shape index (κ1) is 24.4. The van der Waals surface area contributed by atoms with Crippen LogP contribution in [0.5, 0.6) is 5.75 Å². The second kappa shape index (κ2) is 10.3. The number of hydrogen-bond donors (Lipinski definition) is 1. The minimum absolute atomic E-state index is 0.00386. The minimum atomic E-state index is -1.23. The van der Waals surface area contributed by atoms with Crippen LogP contribution < -0.4 is 4.74 Å². The molecule has 0 aliphatic carbocycles. The molecule has 1 amide bonds. The van der Waals surface area contributed by atoms with E-state index in [-0.39, 0.29) is 52.6 Å². The molecule has 3 aromatic carbocycles. The van der Waals surface area contributed by atoms with Crippen LogP contribution in [0, 0.1) is 17.5 Å². The predicted octanol–water partition coefficient (Wildman–Crippen LogP) is 5.51. The molecule has 1 aliphatic rings. The normalized spacial score (nSPS) is 14.9. The molecular formula is C25H19ClF3NO5. The Balaban J connectivity index is 1.75. The summed E-state index contributed by atoms with van der Waals surface area (Å²) in [6.45, 7) is -1.08. The molecule has 0 saturated heterocycles. The molecule has 1 heterocycles. The van der Waals surface area contributed by atoms with Crippen LogP contribution in [0.4, 0.5) is 18.0 Å². The average molecular weight is 506 g/mol. The summed E-state index contributed by atoms with van der Waals surface area (Å²) in [5, 5.41) is 9.29. The van der Waals surface area contributed by atoms with Crippen molar-refractivity contribution in [3.05, 3.63) is 99.3 Å². The summed E-state index contributed by atoms with van der Waals surface area (Å²) in [7, 11) is 0. The summed E-state index contributed by atoms with van der Waals surface area (Å²) in [6.07, 6.45) is -0.839.